The molecular weight excluding hydrogens is 296 g/mol. The molecule has 0 unspecified atom stereocenters. The van der Waals surface area contributed by atoms with E-state index in [4.69, 9.17) is 17.0 Å². The lowest BCUT2D eigenvalue weighted by Crippen LogP contribution is -2.41. The van der Waals surface area contributed by atoms with Gasteiger partial charge in [0.1, 0.15) is 5.84 Å². The summed E-state index contributed by atoms with van der Waals surface area (Å²) in [6, 6.07) is 14.5. The number of rotatable bonds is 4. The average molecular weight is 313 g/mol. The molecule has 0 amide bonds. The van der Waals surface area contributed by atoms with Gasteiger partial charge in [-0.15, -0.1) is 0 Å². The molecule has 1 N–H and O–H groups in total. The third-order valence-corrected chi connectivity index (χ3v) is 4.35. The maximum absolute atomic E-state index is 12.8. The van der Waals surface area contributed by atoms with Gasteiger partial charge in [0, 0.05) is 22.7 Å². The van der Waals surface area contributed by atoms with Gasteiger partial charge in [-0.2, -0.15) is 0 Å². The molecule has 3 nitrogen and oxygen atoms in total. The van der Waals surface area contributed by atoms with Crippen molar-refractivity contribution in [1.29, 1.82) is 5.41 Å². The van der Waals surface area contributed by atoms with E-state index in [1.807, 2.05) is 36.1 Å². The van der Waals surface area contributed by atoms with E-state index in [0.29, 0.717) is 29.4 Å². The van der Waals surface area contributed by atoms with Gasteiger partial charge in [0.15, 0.2) is 5.78 Å². The van der Waals surface area contributed by atoms with Crippen LogP contribution in [0.4, 0.5) is 0 Å². The van der Waals surface area contributed by atoms with E-state index in [-0.39, 0.29) is 11.8 Å². The Morgan fingerprint density at radius 3 is 2.55 bits per heavy atom. The lowest BCUT2D eigenvalue weighted by molar-refractivity contribution is 0.0882. The van der Waals surface area contributed by atoms with Crippen molar-refractivity contribution in [2.75, 3.05) is 0 Å². The largest absolute Gasteiger partial charge is 0.342 e. The Morgan fingerprint density at radius 2 is 1.91 bits per heavy atom. The summed E-state index contributed by atoms with van der Waals surface area (Å²) in [5, 5.41) is 8.98. The predicted molar refractivity (Wildman–Crippen MR) is 88.7 cm³/mol. The summed E-state index contributed by atoms with van der Waals surface area (Å²) in [7, 11) is 0. The number of benzene rings is 2. The number of Topliss-reactive ketones (excluding diaryl/α,β-unsaturated/α-hetero) is 1. The molecule has 0 aliphatic carbocycles. The summed E-state index contributed by atoms with van der Waals surface area (Å²) in [4.78, 5) is 14.7. The highest BCUT2D eigenvalue weighted by molar-refractivity contribution is 6.30. The van der Waals surface area contributed by atoms with Gasteiger partial charge in [0.25, 0.3) is 0 Å². The lowest BCUT2D eigenvalue weighted by atomic mass is 10.0. The SMILES string of the molecule is CC[C@@H](C(=O)c1ccc(Cl)cc1)N1Cc2ccccc2C1=N. The Bertz CT molecular complexity index is 724. The van der Waals surface area contributed by atoms with Crippen molar-refractivity contribution in [2.24, 2.45) is 0 Å². The predicted octanol–water partition coefficient (Wildman–Crippen LogP) is 4.14. The molecule has 1 heterocycles. The van der Waals surface area contributed by atoms with Crippen molar-refractivity contribution in [3.05, 3.63) is 70.2 Å². The lowest BCUT2D eigenvalue weighted by Gasteiger charge is -2.27. The molecule has 0 fully saturated rings. The highest BCUT2D eigenvalue weighted by Gasteiger charge is 2.33. The van der Waals surface area contributed by atoms with Crippen LogP contribution in [0.25, 0.3) is 0 Å². The summed E-state index contributed by atoms with van der Waals surface area (Å²) in [5.41, 5.74) is 2.67. The fourth-order valence-electron chi connectivity index (χ4n) is 2.93. The molecule has 22 heavy (non-hydrogen) atoms. The molecular formula is C18H17ClN2O. The minimum absolute atomic E-state index is 0.0386. The third kappa shape index (κ3) is 2.53. The van der Waals surface area contributed by atoms with Crippen LogP contribution in [0.5, 0.6) is 0 Å². The smallest absolute Gasteiger partial charge is 0.185 e. The van der Waals surface area contributed by atoms with Crippen LogP contribution in [-0.2, 0) is 6.54 Å². The summed E-state index contributed by atoms with van der Waals surface area (Å²) >= 11 is 5.89. The second-order valence-electron chi connectivity index (χ2n) is 5.43. The first kappa shape index (κ1) is 14.8. The van der Waals surface area contributed by atoms with Crippen molar-refractivity contribution in [1.82, 2.24) is 4.90 Å². The van der Waals surface area contributed by atoms with Crippen LogP contribution in [0.3, 0.4) is 0 Å². The van der Waals surface area contributed by atoms with Gasteiger partial charge >= 0.3 is 0 Å². The number of amidine groups is 1. The third-order valence-electron chi connectivity index (χ3n) is 4.09. The van der Waals surface area contributed by atoms with Crippen LogP contribution in [0.15, 0.2) is 48.5 Å². The highest BCUT2D eigenvalue weighted by atomic mass is 35.5. The number of ketones is 1. The number of nitrogens with zero attached hydrogens (tertiary/aromatic N) is 1. The van der Waals surface area contributed by atoms with E-state index in [9.17, 15) is 4.79 Å². The second kappa shape index (κ2) is 5.93. The first-order valence-corrected chi connectivity index (χ1v) is 7.73. The van der Waals surface area contributed by atoms with Crippen LogP contribution in [0.1, 0.15) is 34.8 Å². The number of carbonyl (C=O) groups excluding carboxylic acids is 1. The van der Waals surface area contributed by atoms with Gasteiger partial charge in [-0.3, -0.25) is 10.2 Å². The molecule has 0 saturated heterocycles. The quantitative estimate of drug-likeness (QED) is 0.862. The normalized spacial score (nSPS) is 14.8. The number of nitrogens with one attached hydrogen (secondary N) is 1. The van der Waals surface area contributed by atoms with Crippen molar-refractivity contribution in [3.63, 3.8) is 0 Å². The minimum atomic E-state index is -0.318. The number of halogens is 1. The molecule has 3 rings (SSSR count). The van der Waals surface area contributed by atoms with Crippen molar-refractivity contribution in [3.8, 4) is 0 Å². The molecule has 0 saturated carbocycles. The van der Waals surface area contributed by atoms with E-state index in [0.717, 1.165) is 11.1 Å². The highest BCUT2D eigenvalue weighted by Crippen LogP contribution is 2.27. The first-order valence-electron chi connectivity index (χ1n) is 7.35. The summed E-state index contributed by atoms with van der Waals surface area (Å²) in [6.45, 7) is 2.60. The van der Waals surface area contributed by atoms with Crippen LogP contribution >= 0.6 is 11.6 Å². The summed E-state index contributed by atoms with van der Waals surface area (Å²) in [5.74, 6) is 0.474. The van der Waals surface area contributed by atoms with Gasteiger partial charge in [-0.25, -0.2) is 0 Å². The van der Waals surface area contributed by atoms with Gasteiger partial charge in [-0.1, -0.05) is 42.8 Å². The summed E-state index contributed by atoms with van der Waals surface area (Å²) < 4.78 is 0. The zero-order chi connectivity index (χ0) is 15.7. The zero-order valence-corrected chi connectivity index (χ0v) is 13.1. The molecule has 0 bridgehead atoms. The minimum Gasteiger partial charge on any atom is -0.342 e. The maximum Gasteiger partial charge on any atom is 0.185 e. The Kier molecular flexibility index (Phi) is 3.99. The molecule has 1 aliphatic heterocycles. The summed E-state index contributed by atoms with van der Waals surface area (Å²) in [6.07, 6.45) is 0.665. The molecule has 0 aromatic heterocycles. The monoisotopic (exact) mass is 312 g/mol. The Balaban J connectivity index is 1.88. The van der Waals surface area contributed by atoms with E-state index >= 15 is 0 Å². The Labute approximate surface area is 135 Å². The molecule has 4 heteroatoms. The van der Waals surface area contributed by atoms with Crippen LogP contribution in [0, 0.1) is 5.41 Å². The topological polar surface area (TPSA) is 44.2 Å². The van der Waals surface area contributed by atoms with Gasteiger partial charge in [-0.05, 0) is 36.2 Å². The van der Waals surface area contributed by atoms with Crippen molar-refractivity contribution >= 4 is 23.2 Å². The van der Waals surface area contributed by atoms with Crippen LogP contribution in [-0.4, -0.2) is 22.6 Å². The maximum atomic E-state index is 12.8. The number of carbonyl (C=O) groups is 1. The molecule has 2 aromatic rings. The first-order chi connectivity index (χ1) is 10.6. The van der Waals surface area contributed by atoms with E-state index in [1.54, 1.807) is 24.3 Å². The number of hydrogen-bond acceptors (Lipinski definition) is 2. The Hall–Kier alpha value is -2.13. The van der Waals surface area contributed by atoms with Gasteiger partial charge in [0.05, 0.1) is 6.04 Å². The van der Waals surface area contributed by atoms with Crippen LogP contribution in [0.2, 0.25) is 5.02 Å². The van der Waals surface area contributed by atoms with Gasteiger partial charge in [0.2, 0.25) is 0 Å². The zero-order valence-electron chi connectivity index (χ0n) is 12.3. The van der Waals surface area contributed by atoms with Gasteiger partial charge < -0.3 is 4.90 Å². The molecule has 112 valence electrons. The fourth-order valence-corrected chi connectivity index (χ4v) is 3.05. The van der Waals surface area contributed by atoms with E-state index in [1.165, 1.54) is 0 Å². The Morgan fingerprint density at radius 1 is 1.23 bits per heavy atom. The molecule has 0 radical (unpaired) electrons. The molecule has 0 spiro atoms. The second-order valence-corrected chi connectivity index (χ2v) is 5.87. The number of hydrogen-bond donors (Lipinski definition) is 1. The molecule has 2 aromatic carbocycles. The van der Waals surface area contributed by atoms with E-state index in [2.05, 4.69) is 0 Å². The molecule has 1 atom stereocenters. The standard InChI is InChI=1S/C18H17ClN2O/c1-2-16(17(22)12-7-9-14(19)10-8-12)21-11-13-5-3-4-6-15(13)18(21)20/h3-10,16,20H,2,11H2,1H3/t16-/m0/s1. The van der Waals surface area contributed by atoms with E-state index < -0.39 is 0 Å². The van der Waals surface area contributed by atoms with Crippen molar-refractivity contribution < 1.29 is 4.79 Å². The molecule has 1 aliphatic rings. The van der Waals surface area contributed by atoms with Crippen LogP contribution < -0.4 is 0 Å². The van der Waals surface area contributed by atoms with Crippen molar-refractivity contribution in [2.45, 2.75) is 25.9 Å². The average Bonchev–Trinajstić information content (AvgIpc) is 2.86. The number of fused-ring (bicyclic) bond motifs is 1. The fraction of sp³-hybridized carbons (Fsp3) is 0.222.